The van der Waals surface area contributed by atoms with Crippen LogP contribution in [-0.2, 0) is 0 Å². The molecule has 1 aliphatic heterocycles. The topological polar surface area (TPSA) is 48.9 Å². The lowest BCUT2D eigenvalue weighted by molar-refractivity contribution is 0.322. The van der Waals surface area contributed by atoms with Crippen molar-refractivity contribution >= 4 is 64.7 Å². The molecular weight excluding hydrogens is 497 g/mol. The quantitative estimate of drug-likeness (QED) is 0.259. The first-order valence-corrected chi connectivity index (χ1v) is 9.03. The maximum absolute atomic E-state index is 6.08. The van der Waals surface area contributed by atoms with Gasteiger partial charge in [0.25, 0.3) is 0 Å². The fraction of sp³-hybridized carbons (Fsp3) is 0.562. The van der Waals surface area contributed by atoms with Crippen LogP contribution in [0.5, 0.6) is 5.75 Å². The lowest BCUT2D eigenvalue weighted by Gasteiger charge is -2.16. The third-order valence-corrected chi connectivity index (χ3v) is 4.65. The summed E-state index contributed by atoms with van der Waals surface area (Å²) in [4.78, 5) is 6.56. The molecule has 1 fully saturated rings. The summed E-state index contributed by atoms with van der Waals surface area (Å²) in [6.07, 6.45) is 1.22. The highest BCUT2D eigenvalue weighted by atomic mass is 127. The average Bonchev–Trinajstić information content (AvgIpc) is 2.94. The van der Waals surface area contributed by atoms with Crippen LogP contribution in [0.4, 0.5) is 0 Å². The monoisotopic (exact) mass is 520 g/mol. The Labute approximate surface area is 181 Å². The molecule has 5 nitrogen and oxygen atoms in total. The van der Waals surface area contributed by atoms with Gasteiger partial charge in [-0.1, -0.05) is 34.8 Å². The van der Waals surface area contributed by atoms with E-state index in [-0.39, 0.29) is 24.0 Å². The van der Waals surface area contributed by atoms with Crippen LogP contribution in [0.25, 0.3) is 0 Å². The first kappa shape index (κ1) is 22.9. The van der Waals surface area contributed by atoms with E-state index in [2.05, 4.69) is 27.6 Å². The molecule has 9 heteroatoms. The van der Waals surface area contributed by atoms with E-state index in [9.17, 15) is 0 Å². The van der Waals surface area contributed by atoms with Gasteiger partial charge >= 0.3 is 0 Å². The van der Waals surface area contributed by atoms with E-state index >= 15 is 0 Å². The number of rotatable bonds is 6. The maximum atomic E-state index is 6.08. The summed E-state index contributed by atoms with van der Waals surface area (Å²) in [5.41, 5.74) is 0. The van der Waals surface area contributed by atoms with Gasteiger partial charge in [-0.15, -0.1) is 24.0 Å². The van der Waals surface area contributed by atoms with E-state index in [4.69, 9.17) is 39.5 Å². The van der Waals surface area contributed by atoms with Crippen LogP contribution in [0, 0.1) is 5.92 Å². The maximum Gasteiger partial charge on any atom is 0.191 e. The second-order valence-electron chi connectivity index (χ2n) is 5.84. The normalized spacial score (nSPS) is 18.0. The predicted octanol–water partition coefficient (Wildman–Crippen LogP) is 3.76. The Balaban J connectivity index is 0.00000312. The summed E-state index contributed by atoms with van der Waals surface area (Å²) in [5.74, 6) is 1.87. The van der Waals surface area contributed by atoms with Gasteiger partial charge in [0.15, 0.2) is 11.7 Å². The lowest BCUT2D eigenvalue weighted by atomic mass is 10.1. The van der Waals surface area contributed by atoms with E-state index in [1.807, 2.05) is 0 Å². The van der Waals surface area contributed by atoms with Crippen molar-refractivity contribution in [3.8, 4) is 5.75 Å². The summed E-state index contributed by atoms with van der Waals surface area (Å²) in [5, 5.41) is 7.85. The molecule has 0 bridgehead atoms. The van der Waals surface area contributed by atoms with Gasteiger partial charge in [0.2, 0.25) is 0 Å². The number of nitrogens with one attached hydrogen (secondary N) is 2. The highest BCUT2D eigenvalue weighted by Crippen LogP contribution is 2.35. The molecular formula is C16H24Cl3IN4O. The molecule has 1 aromatic rings. The van der Waals surface area contributed by atoms with Crippen LogP contribution in [0.2, 0.25) is 15.1 Å². The summed E-state index contributed by atoms with van der Waals surface area (Å²) in [6.45, 7) is 4.20. The van der Waals surface area contributed by atoms with E-state index in [1.54, 1.807) is 19.2 Å². The minimum atomic E-state index is 0. The third-order valence-electron chi connectivity index (χ3n) is 3.87. The Bertz CT molecular complexity index is 565. The van der Waals surface area contributed by atoms with Crippen molar-refractivity contribution in [3.63, 3.8) is 0 Å². The minimum Gasteiger partial charge on any atom is -0.489 e. The van der Waals surface area contributed by atoms with E-state index < -0.39 is 0 Å². The Morgan fingerprint density at radius 2 is 1.96 bits per heavy atom. The van der Waals surface area contributed by atoms with Crippen LogP contribution in [0.3, 0.4) is 0 Å². The number of likely N-dealkylation sites (tertiary alicyclic amines) is 1. The molecule has 2 rings (SSSR count). The first-order valence-electron chi connectivity index (χ1n) is 7.90. The fourth-order valence-electron chi connectivity index (χ4n) is 2.64. The van der Waals surface area contributed by atoms with Gasteiger partial charge in [0.1, 0.15) is 6.61 Å². The first-order chi connectivity index (χ1) is 11.5. The predicted molar refractivity (Wildman–Crippen MR) is 117 cm³/mol. The van der Waals surface area contributed by atoms with Gasteiger partial charge in [-0.3, -0.25) is 4.99 Å². The van der Waals surface area contributed by atoms with E-state index in [1.165, 1.54) is 6.42 Å². The number of halogens is 4. The number of nitrogens with zero attached hydrogens (tertiary/aromatic N) is 2. The number of benzene rings is 1. The average molecular weight is 522 g/mol. The Morgan fingerprint density at radius 3 is 2.52 bits per heavy atom. The van der Waals surface area contributed by atoms with Gasteiger partial charge < -0.3 is 20.3 Å². The Hall–Kier alpha value is -0.150. The molecule has 1 heterocycles. The molecule has 0 aliphatic carbocycles. The summed E-state index contributed by atoms with van der Waals surface area (Å²) in [7, 11) is 3.90. The number of guanidine groups is 1. The second kappa shape index (κ2) is 11.5. The molecule has 25 heavy (non-hydrogen) atoms. The van der Waals surface area contributed by atoms with Crippen molar-refractivity contribution in [2.75, 3.05) is 46.9 Å². The molecule has 2 N–H and O–H groups in total. The summed E-state index contributed by atoms with van der Waals surface area (Å²) < 4.78 is 5.63. The molecule has 1 aromatic carbocycles. The molecule has 0 spiro atoms. The lowest BCUT2D eigenvalue weighted by Crippen LogP contribution is -2.41. The number of hydrogen-bond acceptors (Lipinski definition) is 3. The summed E-state index contributed by atoms with van der Waals surface area (Å²) >= 11 is 18.0. The van der Waals surface area contributed by atoms with Crippen molar-refractivity contribution in [2.24, 2.45) is 10.9 Å². The highest BCUT2D eigenvalue weighted by Gasteiger charge is 2.19. The zero-order valence-electron chi connectivity index (χ0n) is 14.3. The van der Waals surface area contributed by atoms with Crippen molar-refractivity contribution < 1.29 is 4.74 Å². The van der Waals surface area contributed by atoms with Crippen LogP contribution in [0.1, 0.15) is 6.42 Å². The molecule has 0 radical (unpaired) electrons. The van der Waals surface area contributed by atoms with Crippen molar-refractivity contribution in [1.82, 2.24) is 15.5 Å². The van der Waals surface area contributed by atoms with E-state index in [0.29, 0.717) is 39.9 Å². The molecule has 142 valence electrons. The van der Waals surface area contributed by atoms with Crippen molar-refractivity contribution in [1.29, 1.82) is 0 Å². The second-order valence-corrected chi connectivity index (χ2v) is 7.09. The van der Waals surface area contributed by atoms with Gasteiger partial charge in [-0.25, -0.2) is 0 Å². The number of ether oxygens (including phenoxy) is 1. The molecule has 0 saturated carbocycles. The smallest absolute Gasteiger partial charge is 0.191 e. The molecule has 0 amide bonds. The van der Waals surface area contributed by atoms with Crippen LogP contribution in [0.15, 0.2) is 17.1 Å². The third kappa shape index (κ3) is 7.54. The highest BCUT2D eigenvalue weighted by molar-refractivity contribution is 14.0. The molecule has 1 unspecified atom stereocenters. The van der Waals surface area contributed by atoms with Crippen molar-refractivity contribution in [3.05, 3.63) is 27.2 Å². The largest absolute Gasteiger partial charge is 0.489 e. The van der Waals surface area contributed by atoms with Crippen LogP contribution < -0.4 is 15.4 Å². The molecule has 1 atom stereocenters. The van der Waals surface area contributed by atoms with E-state index in [0.717, 1.165) is 25.6 Å². The van der Waals surface area contributed by atoms with Gasteiger partial charge in [-0.05, 0) is 38.1 Å². The minimum absolute atomic E-state index is 0. The standard InChI is InChI=1S/C16H23Cl3N4O.HI/c1-20-16(22-9-11-3-5-23(2)10-11)21-4-6-24-15-13(18)7-12(17)8-14(15)19;/h7-8,11H,3-6,9-10H2,1-2H3,(H2,20,21,22);1H. The zero-order valence-corrected chi connectivity index (χ0v) is 18.9. The van der Waals surface area contributed by atoms with Gasteiger partial charge in [0, 0.05) is 25.2 Å². The Morgan fingerprint density at radius 1 is 1.28 bits per heavy atom. The Kier molecular flexibility index (Phi) is 10.6. The van der Waals surface area contributed by atoms with Crippen molar-refractivity contribution in [2.45, 2.75) is 6.42 Å². The van der Waals surface area contributed by atoms with Crippen LogP contribution in [-0.4, -0.2) is 57.7 Å². The SMILES string of the molecule is CN=C(NCCOc1c(Cl)cc(Cl)cc1Cl)NCC1CCN(C)C1.I. The molecule has 1 saturated heterocycles. The fourth-order valence-corrected chi connectivity index (χ4v) is 3.57. The van der Waals surface area contributed by atoms with Gasteiger partial charge in [-0.2, -0.15) is 0 Å². The number of aliphatic imine (C=N–C) groups is 1. The molecule has 1 aliphatic rings. The zero-order chi connectivity index (χ0) is 17.5. The molecule has 0 aromatic heterocycles. The summed E-state index contributed by atoms with van der Waals surface area (Å²) in [6, 6.07) is 3.22. The number of hydrogen-bond donors (Lipinski definition) is 2. The van der Waals surface area contributed by atoms with Gasteiger partial charge in [0.05, 0.1) is 16.6 Å². The van der Waals surface area contributed by atoms with Crippen LogP contribution >= 0.6 is 58.8 Å².